The van der Waals surface area contributed by atoms with Crippen LogP contribution in [-0.2, 0) is 6.18 Å². The summed E-state index contributed by atoms with van der Waals surface area (Å²) in [6, 6.07) is 5.39. The second-order valence-corrected chi connectivity index (χ2v) is 5.23. The third kappa shape index (κ3) is 2.38. The van der Waals surface area contributed by atoms with Crippen molar-refractivity contribution in [3.05, 3.63) is 40.9 Å². The zero-order valence-electron chi connectivity index (χ0n) is 10.2. The normalized spacial score (nSPS) is 12.0. The van der Waals surface area contributed by atoms with Crippen LogP contribution in [-0.4, -0.2) is 21.0 Å². The van der Waals surface area contributed by atoms with E-state index in [-0.39, 0.29) is 22.4 Å². The Morgan fingerprint density at radius 3 is 2.67 bits per heavy atom. The first kappa shape index (κ1) is 13.6. The minimum absolute atomic E-state index is 0.0226. The van der Waals surface area contributed by atoms with Crippen LogP contribution in [0.25, 0.3) is 21.6 Å². The molecule has 21 heavy (non-hydrogen) atoms. The number of H-pyrrole nitrogens is 1. The minimum atomic E-state index is -4.60. The van der Waals surface area contributed by atoms with Crippen molar-refractivity contribution in [1.82, 2.24) is 9.97 Å². The number of pyridine rings is 1. The van der Waals surface area contributed by atoms with Gasteiger partial charge in [-0.05, 0) is 23.6 Å². The number of aromatic amines is 1. The summed E-state index contributed by atoms with van der Waals surface area (Å²) in [6.07, 6.45) is -4.60. The molecule has 3 aromatic rings. The number of carboxylic acids is 1. The summed E-state index contributed by atoms with van der Waals surface area (Å²) >= 11 is 1.26. The Morgan fingerprint density at radius 2 is 2.10 bits per heavy atom. The highest BCUT2D eigenvalue weighted by Crippen LogP contribution is 2.37. The maximum Gasteiger partial charge on any atom is 0.418 e. The van der Waals surface area contributed by atoms with Crippen molar-refractivity contribution in [2.75, 3.05) is 0 Å². The monoisotopic (exact) mass is 312 g/mol. The lowest BCUT2D eigenvalue weighted by Crippen LogP contribution is -2.07. The fourth-order valence-corrected chi connectivity index (χ4v) is 2.68. The molecule has 108 valence electrons. The summed E-state index contributed by atoms with van der Waals surface area (Å²) in [5, 5.41) is 10.6. The fraction of sp³-hybridized carbons (Fsp3) is 0.0769. The summed E-state index contributed by atoms with van der Waals surface area (Å²) in [7, 11) is 0. The predicted octanol–water partition coefficient (Wildman–Crippen LogP) is 4.01. The zero-order valence-corrected chi connectivity index (χ0v) is 11.0. The molecule has 0 aromatic carbocycles. The molecule has 0 atom stereocenters. The number of halogens is 3. The molecular formula is C13H7F3N2O2S. The maximum atomic E-state index is 13.2. The van der Waals surface area contributed by atoms with Gasteiger partial charge in [-0.2, -0.15) is 13.2 Å². The van der Waals surface area contributed by atoms with Gasteiger partial charge in [0, 0.05) is 0 Å². The van der Waals surface area contributed by atoms with E-state index < -0.39 is 17.7 Å². The first-order chi connectivity index (χ1) is 9.86. The number of aromatic carboxylic acids is 1. The molecule has 8 heteroatoms. The van der Waals surface area contributed by atoms with Crippen LogP contribution in [0, 0.1) is 0 Å². The van der Waals surface area contributed by atoms with Gasteiger partial charge in [-0.25, -0.2) is 9.78 Å². The van der Waals surface area contributed by atoms with Crippen LogP contribution in [0.2, 0.25) is 0 Å². The lowest BCUT2D eigenvalue weighted by Gasteiger charge is -2.09. The van der Waals surface area contributed by atoms with Crippen LogP contribution in [0.5, 0.6) is 0 Å². The fourth-order valence-electron chi connectivity index (χ4n) is 2.00. The van der Waals surface area contributed by atoms with Gasteiger partial charge in [0.15, 0.2) is 0 Å². The average molecular weight is 312 g/mol. The number of aromatic nitrogens is 2. The van der Waals surface area contributed by atoms with Crippen LogP contribution in [0.4, 0.5) is 13.2 Å². The highest BCUT2D eigenvalue weighted by molar-refractivity contribution is 7.13. The smallest absolute Gasteiger partial charge is 0.418 e. The summed E-state index contributed by atoms with van der Waals surface area (Å²) in [4.78, 5) is 17.9. The quantitative estimate of drug-likeness (QED) is 0.751. The predicted molar refractivity (Wildman–Crippen MR) is 71.4 cm³/mol. The van der Waals surface area contributed by atoms with E-state index in [1.807, 2.05) is 0 Å². The topological polar surface area (TPSA) is 66.0 Å². The van der Waals surface area contributed by atoms with Crippen molar-refractivity contribution in [3.8, 4) is 10.6 Å². The van der Waals surface area contributed by atoms with Crippen LogP contribution in [0.15, 0.2) is 29.6 Å². The SMILES string of the molecule is O=C(O)c1cc2nc(-c3cccs3)cc(C(F)(F)F)c2[nH]1. The van der Waals surface area contributed by atoms with Gasteiger partial charge >= 0.3 is 12.1 Å². The van der Waals surface area contributed by atoms with Gasteiger partial charge in [0.1, 0.15) is 5.69 Å². The van der Waals surface area contributed by atoms with Gasteiger partial charge in [0.25, 0.3) is 0 Å². The standard InChI is InChI=1S/C13H7F3N2O2S/c14-13(15,16)6-4-7(10-2-1-3-21-10)17-8-5-9(12(19)20)18-11(6)8/h1-5,18H,(H,19,20). The summed E-state index contributed by atoms with van der Waals surface area (Å²) in [6.45, 7) is 0. The van der Waals surface area contributed by atoms with Gasteiger partial charge < -0.3 is 10.1 Å². The maximum absolute atomic E-state index is 13.2. The van der Waals surface area contributed by atoms with Crippen LogP contribution in [0.1, 0.15) is 16.1 Å². The molecule has 0 amide bonds. The lowest BCUT2D eigenvalue weighted by atomic mass is 10.1. The number of hydrogen-bond acceptors (Lipinski definition) is 3. The number of nitrogens with one attached hydrogen (secondary N) is 1. The van der Waals surface area contributed by atoms with Gasteiger partial charge in [-0.3, -0.25) is 0 Å². The average Bonchev–Trinajstić information content (AvgIpc) is 3.05. The molecule has 0 fully saturated rings. The van der Waals surface area contributed by atoms with Gasteiger partial charge in [-0.1, -0.05) is 6.07 Å². The van der Waals surface area contributed by atoms with Crippen molar-refractivity contribution in [3.63, 3.8) is 0 Å². The van der Waals surface area contributed by atoms with E-state index in [0.717, 1.165) is 12.1 Å². The third-order valence-electron chi connectivity index (χ3n) is 2.90. The molecule has 3 aromatic heterocycles. The van der Waals surface area contributed by atoms with Gasteiger partial charge in [0.05, 0.1) is 27.2 Å². The molecule has 4 nitrogen and oxygen atoms in total. The molecule has 0 bridgehead atoms. The first-order valence-corrected chi connectivity index (χ1v) is 6.62. The largest absolute Gasteiger partial charge is 0.477 e. The molecule has 3 rings (SSSR count). The van der Waals surface area contributed by atoms with E-state index in [4.69, 9.17) is 5.11 Å². The van der Waals surface area contributed by atoms with Crippen LogP contribution >= 0.6 is 11.3 Å². The van der Waals surface area contributed by atoms with E-state index in [1.54, 1.807) is 17.5 Å². The van der Waals surface area contributed by atoms with Gasteiger partial charge in [-0.15, -0.1) is 11.3 Å². The zero-order chi connectivity index (χ0) is 15.2. The Balaban J connectivity index is 2.32. The second-order valence-electron chi connectivity index (χ2n) is 4.28. The first-order valence-electron chi connectivity index (χ1n) is 5.74. The number of carbonyl (C=O) groups is 1. The molecule has 0 unspecified atom stereocenters. The Morgan fingerprint density at radius 1 is 1.33 bits per heavy atom. The molecule has 0 radical (unpaired) electrons. The van der Waals surface area contributed by atoms with E-state index in [0.29, 0.717) is 4.88 Å². The number of carboxylic acid groups (broad SMARTS) is 1. The second kappa shape index (κ2) is 4.59. The molecule has 2 N–H and O–H groups in total. The molecule has 0 spiro atoms. The third-order valence-corrected chi connectivity index (χ3v) is 3.79. The highest BCUT2D eigenvalue weighted by Gasteiger charge is 2.35. The number of nitrogens with zero attached hydrogens (tertiary/aromatic N) is 1. The Bertz CT molecular complexity index is 822. The number of alkyl halides is 3. The number of thiophene rings is 1. The van der Waals surface area contributed by atoms with Crippen LogP contribution in [0.3, 0.4) is 0 Å². The molecular weight excluding hydrogens is 305 g/mol. The van der Waals surface area contributed by atoms with Crippen molar-refractivity contribution < 1.29 is 23.1 Å². The Labute approximate surface area is 119 Å². The Kier molecular flexibility index (Phi) is 2.98. The summed E-state index contributed by atoms with van der Waals surface area (Å²) in [5.74, 6) is -1.33. The van der Waals surface area contributed by atoms with E-state index >= 15 is 0 Å². The van der Waals surface area contributed by atoms with Gasteiger partial charge in [0.2, 0.25) is 0 Å². The number of fused-ring (bicyclic) bond motifs is 1. The molecule has 3 heterocycles. The number of hydrogen-bond donors (Lipinski definition) is 2. The van der Waals surface area contributed by atoms with Crippen LogP contribution < -0.4 is 0 Å². The van der Waals surface area contributed by atoms with E-state index in [1.165, 1.54) is 11.3 Å². The van der Waals surface area contributed by atoms with Crippen molar-refractivity contribution in [2.45, 2.75) is 6.18 Å². The van der Waals surface area contributed by atoms with Crippen molar-refractivity contribution >= 4 is 28.3 Å². The highest BCUT2D eigenvalue weighted by atomic mass is 32.1. The lowest BCUT2D eigenvalue weighted by molar-refractivity contribution is -0.136. The molecule has 0 aliphatic rings. The molecule has 0 saturated carbocycles. The number of rotatable bonds is 2. The van der Waals surface area contributed by atoms with E-state index in [9.17, 15) is 18.0 Å². The van der Waals surface area contributed by atoms with Crippen molar-refractivity contribution in [1.29, 1.82) is 0 Å². The van der Waals surface area contributed by atoms with Crippen molar-refractivity contribution in [2.24, 2.45) is 0 Å². The molecule has 0 saturated heterocycles. The molecule has 0 aliphatic carbocycles. The summed E-state index contributed by atoms with van der Waals surface area (Å²) in [5.41, 5.74) is -1.43. The van der Waals surface area contributed by atoms with E-state index in [2.05, 4.69) is 9.97 Å². The summed E-state index contributed by atoms with van der Waals surface area (Å²) < 4.78 is 39.5. The molecule has 0 aliphatic heterocycles. The minimum Gasteiger partial charge on any atom is -0.477 e. The Hall–Kier alpha value is -2.35.